The van der Waals surface area contributed by atoms with Gasteiger partial charge >= 0.3 is 0 Å². The van der Waals surface area contributed by atoms with E-state index in [2.05, 4.69) is 13.0 Å². The highest BCUT2D eigenvalue weighted by Gasteiger charge is 2.05. The molecule has 11 heavy (non-hydrogen) atoms. The molecular weight excluding hydrogens is 178 g/mol. The highest BCUT2D eigenvalue weighted by molar-refractivity contribution is 7.14. The Morgan fingerprint density at radius 3 is 2.91 bits per heavy atom. The Labute approximate surface area is 76.2 Å². The van der Waals surface area contributed by atoms with E-state index in [0.717, 1.165) is 17.3 Å². The summed E-state index contributed by atoms with van der Waals surface area (Å²) < 4.78 is 0.908. The van der Waals surface area contributed by atoms with Crippen LogP contribution in [0.5, 0.6) is 0 Å². The maximum Gasteiger partial charge on any atom is 0.0960 e. The van der Waals surface area contributed by atoms with Crippen LogP contribution in [0, 0.1) is 5.92 Å². The molecule has 2 N–H and O–H groups in total. The molecule has 0 bridgehead atoms. The summed E-state index contributed by atoms with van der Waals surface area (Å²) >= 11 is 7.50. The molecule has 1 aromatic heterocycles. The van der Waals surface area contributed by atoms with E-state index in [1.165, 1.54) is 5.56 Å². The van der Waals surface area contributed by atoms with Crippen LogP contribution < -0.4 is 5.73 Å². The maximum absolute atomic E-state index is 5.92. The largest absolute Gasteiger partial charge is 0.330 e. The molecule has 62 valence electrons. The molecule has 0 saturated carbocycles. The van der Waals surface area contributed by atoms with Crippen molar-refractivity contribution in [1.29, 1.82) is 0 Å². The first-order valence-corrected chi connectivity index (χ1v) is 4.91. The van der Waals surface area contributed by atoms with Gasteiger partial charge in [0, 0.05) is 0 Å². The van der Waals surface area contributed by atoms with Crippen LogP contribution in [0.25, 0.3) is 0 Å². The van der Waals surface area contributed by atoms with E-state index in [-0.39, 0.29) is 0 Å². The second-order valence-electron chi connectivity index (χ2n) is 2.76. The van der Waals surface area contributed by atoms with Crippen molar-refractivity contribution in [3.63, 3.8) is 0 Å². The van der Waals surface area contributed by atoms with Gasteiger partial charge in [-0.1, -0.05) is 18.5 Å². The van der Waals surface area contributed by atoms with Gasteiger partial charge in [0.2, 0.25) is 0 Å². The third kappa shape index (κ3) is 2.47. The van der Waals surface area contributed by atoms with Crippen LogP contribution in [0.2, 0.25) is 4.34 Å². The number of thiophene rings is 1. The first-order chi connectivity index (χ1) is 5.24. The summed E-state index contributed by atoms with van der Waals surface area (Å²) in [5.41, 5.74) is 6.73. The topological polar surface area (TPSA) is 26.0 Å². The fourth-order valence-corrected chi connectivity index (χ4v) is 1.87. The number of hydrogen-bond donors (Lipinski definition) is 1. The molecule has 1 heterocycles. The molecule has 3 heteroatoms. The van der Waals surface area contributed by atoms with E-state index in [9.17, 15) is 0 Å². The zero-order valence-corrected chi connectivity index (χ0v) is 8.08. The van der Waals surface area contributed by atoms with Gasteiger partial charge in [-0.05, 0) is 35.9 Å². The van der Waals surface area contributed by atoms with Crippen molar-refractivity contribution in [2.75, 3.05) is 6.54 Å². The quantitative estimate of drug-likeness (QED) is 0.777. The maximum atomic E-state index is 5.92. The van der Waals surface area contributed by atoms with Gasteiger partial charge in [0.1, 0.15) is 0 Å². The zero-order chi connectivity index (χ0) is 8.27. The van der Waals surface area contributed by atoms with Gasteiger partial charge in [-0.2, -0.15) is 0 Å². The van der Waals surface area contributed by atoms with Crippen LogP contribution >= 0.6 is 22.9 Å². The third-order valence-electron chi connectivity index (χ3n) is 1.66. The van der Waals surface area contributed by atoms with Gasteiger partial charge in [0.05, 0.1) is 4.34 Å². The van der Waals surface area contributed by atoms with Gasteiger partial charge in [-0.3, -0.25) is 0 Å². The average molecular weight is 190 g/mol. The van der Waals surface area contributed by atoms with E-state index in [1.807, 2.05) is 5.38 Å². The molecule has 0 aromatic carbocycles. The van der Waals surface area contributed by atoms with Crippen molar-refractivity contribution in [1.82, 2.24) is 0 Å². The predicted molar refractivity (Wildman–Crippen MR) is 51.3 cm³/mol. The Morgan fingerprint density at radius 1 is 1.73 bits per heavy atom. The fourth-order valence-electron chi connectivity index (χ4n) is 0.924. The summed E-state index contributed by atoms with van der Waals surface area (Å²) in [6.45, 7) is 2.86. The number of rotatable bonds is 3. The highest BCUT2D eigenvalue weighted by Crippen LogP contribution is 2.24. The van der Waals surface area contributed by atoms with Crippen LogP contribution in [0.3, 0.4) is 0 Å². The van der Waals surface area contributed by atoms with Crippen molar-refractivity contribution >= 4 is 22.9 Å². The lowest BCUT2D eigenvalue weighted by Gasteiger charge is -2.05. The molecule has 1 rings (SSSR count). The van der Waals surface area contributed by atoms with Gasteiger partial charge in [0.15, 0.2) is 0 Å². The molecule has 0 aliphatic heterocycles. The molecule has 1 atom stereocenters. The summed E-state index contributed by atoms with van der Waals surface area (Å²) in [5.74, 6) is 0.530. The molecule has 0 aliphatic rings. The lowest BCUT2D eigenvalue weighted by molar-refractivity contribution is 0.594. The molecule has 0 aliphatic carbocycles. The Kier molecular flexibility index (Phi) is 3.37. The van der Waals surface area contributed by atoms with Crippen LogP contribution in [-0.4, -0.2) is 6.54 Å². The molecule has 1 aromatic rings. The van der Waals surface area contributed by atoms with Gasteiger partial charge in [-0.15, -0.1) is 11.3 Å². The van der Waals surface area contributed by atoms with E-state index >= 15 is 0 Å². The minimum atomic E-state index is 0.530. The molecule has 0 radical (unpaired) electrons. The Bertz CT molecular complexity index is 222. The Morgan fingerprint density at radius 2 is 2.45 bits per heavy atom. The van der Waals surface area contributed by atoms with Crippen molar-refractivity contribution < 1.29 is 0 Å². The summed E-state index contributed by atoms with van der Waals surface area (Å²) in [6, 6.07) is 2.07. The normalized spacial score (nSPS) is 13.4. The lowest BCUT2D eigenvalue weighted by atomic mass is 10.0. The molecule has 0 fully saturated rings. The lowest BCUT2D eigenvalue weighted by Crippen LogP contribution is -2.12. The zero-order valence-electron chi connectivity index (χ0n) is 6.51. The van der Waals surface area contributed by atoms with Crippen molar-refractivity contribution in [3.8, 4) is 0 Å². The number of halogens is 1. The summed E-state index contributed by atoms with van der Waals surface area (Å²) in [5, 5.41) is 2.01. The van der Waals surface area contributed by atoms with E-state index in [0.29, 0.717) is 5.92 Å². The van der Waals surface area contributed by atoms with Crippen LogP contribution in [0.4, 0.5) is 0 Å². The van der Waals surface area contributed by atoms with E-state index in [4.69, 9.17) is 17.3 Å². The third-order valence-corrected chi connectivity index (χ3v) is 2.92. The highest BCUT2D eigenvalue weighted by atomic mass is 35.5. The summed E-state index contributed by atoms with van der Waals surface area (Å²) in [7, 11) is 0. The molecule has 0 amide bonds. The second-order valence-corrected chi connectivity index (χ2v) is 4.28. The Balaban J connectivity index is 2.56. The summed E-state index contributed by atoms with van der Waals surface area (Å²) in [6.07, 6.45) is 0.999. The second kappa shape index (κ2) is 4.10. The van der Waals surface area contributed by atoms with E-state index in [1.54, 1.807) is 11.3 Å². The van der Waals surface area contributed by atoms with Gasteiger partial charge in [0.25, 0.3) is 0 Å². The smallest absolute Gasteiger partial charge is 0.0960 e. The van der Waals surface area contributed by atoms with Crippen molar-refractivity contribution in [2.24, 2.45) is 11.7 Å². The molecular formula is C8H12ClNS. The minimum Gasteiger partial charge on any atom is -0.330 e. The van der Waals surface area contributed by atoms with Gasteiger partial charge in [-0.25, -0.2) is 0 Å². The van der Waals surface area contributed by atoms with Crippen LogP contribution in [-0.2, 0) is 6.42 Å². The first kappa shape index (κ1) is 9.04. The fraction of sp³-hybridized carbons (Fsp3) is 0.500. The van der Waals surface area contributed by atoms with Gasteiger partial charge < -0.3 is 5.73 Å². The Hall–Kier alpha value is -0.0500. The monoisotopic (exact) mass is 189 g/mol. The van der Waals surface area contributed by atoms with Crippen molar-refractivity contribution in [2.45, 2.75) is 13.3 Å². The molecule has 0 saturated heterocycles. The first-order valence-electron chi connectivity index (χ1n) is 3.66. The molecule has 1 unspecified atom stereocenters. The number of nitrogens with two attached hydrogens (primary N) is 1. The summed E-state index contributed by atoms with van der Waals surface area (Å²) in [4.78, 5) is 0. The minimum absolute atomic E-state index is 0.530. The molecule has 1 nitrogen and oxygen atoms in total. The molecule has 0 spiro atoms. The predicted octanol–water partition coefficient (Wildman–Crippen LogP) is 2.54. The standard InChI is InChI=1S/C8H12ClNS/c1-6(5-10)4-7-2-3-11-8(7)9/h2-3,6H,4-5,10H2,1H3. The number of hydrogen-bond acceptors (Lipinski definition) is 2. The SMILES string of the molecule is CC(CN)Cc1ccsc1Cl. The average Bonchev–Trinajstić information content (AvgIpc) is 2.37. The van der Waals surface area contributed by atoms with Crippen molar-refractivity contribution in [3.05, 3.63) is 21.3 Å². The van der Waals surface area contributed by atoms with E-state index < -0.39 is 0 Å². The van der Waals surface area contributed by atoms with Crippen LogP contribution in [0.15, 0.2) is 11.4 Å². The van der Waals surface area contributed by atoms with Crippen LogP contribution in [0.1, 0.15) is 12.5 Å².